The van der Waals surface area contributed by atoms with Crippen LogP contribution in [0.4, 0.5) is 20.3 Å². The molecule has 0 bridgehead atoms. The third-order valence-corrected chi connectivity index (χ3v) is 13.8. The van der Waals surface area contributed by atoms with Crippen molar-refractivity contribution in [3.8, 4) is 0 Å². The van der Waals surface area contributed by atoms with E-state index < -0.39 is 21.9 Å². The Morgan fingerprint density at radius 2 is 1.72 bits per heavy atom. The Morgan fingerprint density at radius 1 is 1.06 bits per heavy atom. The molecule has 3 aliphatic heterocycles. The van der Waals surface area contributed by atoms with Crippen molar-refractivity contribution < 1.29 is 31.3 Å². The lowest BCUT2D eigenvalue weighted by Gasteiger charge is -2.37. The van der Waals surface area contributed by atoms with Crippen LogP contribution in [0.15, 0.2) is 41.3 Å². The van der Waals surface area contributed by atoms with Gasteiger partial charge in [0, 0.05) is 80.2 Å². The first-order valence-electron chi connectivity index (χ1n) is 17.7. The van der Waals surface area contributed by atoms with Gasteiger partial charge in [-0.05, 0) is 74.9 Å². The molecule has 2 aromatic rings. The maximum Gasteiger partial charge on any atom is 0.278 e. The number of piperazine rings is 1. The lowest BCUT2D eigenvalue weighted by molar-refractivity contribution is -0.895. The number of pyridine rings is 1. The molecule has 2 saturated carbocycles. The Kier molecular flexibility index (Phi) is 9.19. The van der Waals surface area contributed by atoms with Crippen molar-refractivity contribution in [2.75, 3.05) is 63.2 Å². The molecule has 3 saturated heterocycles. The fraction of sp³-hybridized carbons (Fsp3) is 0.629. The van der Waals surface area contributed by atoms with Crippen molar-refractivity contribution in [3.63, 3.8) is 0 Å². The number of likely N-dealkylation sites (N-methyl/N-ethyl adjacent to an activating group) is 1. The van der Waals surface area contributed by atoms with Crippen LogP contribution in [0, 0.1) is 11.3 Å². The maximum atomic E-state index is 16.1. The first-order valence-corrected chi connectivity index (χ1v) is 19.5. The lowest BCUT2D eigenvalue weighted by Crippen LogP contribution is -2.54. The number of nitrogens with two attached hydrogens (primary N) is 1. The summed E-state index contributed by atoms with van der Waals surface area (Å²) in [4.78, 5) is 33.2. The molecular weight excluding hydrogens is 688 g/mol. The average Bonchev–Trinajstić information content (AvgIpc) is 3.65. The monoisotopic (exact) mass is 734 g/mol. The number of hydrogen-bond acceptors (Lipinski definition) is 7. The summed E-state index contributed by atoms with van der Waals surface area (Å²) in [6.07, 6.45) is 5.08. The number of nitrogens with one attached hydrogen (secondary N) is 1. The second-order valence-electron chi connectivity index (χ2n) is 15.7. The lowest BCUT2D eigenvalue weighted by atomic mass is 9.80. The minimum atomic E-state index is -3.83. The van der Waals surface area contributed by atoms with E-state index in [-0.39, 0.29) is 96.8 Å². The number of nitrogens with zero attached hydrogens (tertiary/aromatic N) is 5. The molecule has 2 amide bonds. The van der Waals surface area contributed by atoms with E-state index in [1.807, 2.05) is 0 Å². The summed E-state index contributed by atoms with van der Waals surface area (Å²) in [5.41, 5.74) is 6.61. The van der Waals surface area contributed by atoms with Crippen LogP contribution in [-0.4, -0.2) is 105 Å². The summed E-state index contributed by atoms with van der Waals surface area (Å²) in [5.74, 6) is -3.81. The van der Waals surface area contributed by atoms with Crippen LogP contribution in [0.3, 0.4) is 0 Å². The van der Waals surface area contributed by atoms with E-state index in [1.54, 1.807) is 21.9 Å². The van der Waals surface area contributed by atoms with Gasteiger partial charge in [0.2, 0.25) is 15.9 Å². The average molecular weight is 735 g/mol. The number of aromatic nitrogens is 1. The first-order chi connectivity index (χ1) is 23.6. The highest BCUT2D eigenvalue weighted by Gasteiger charge is 2.60. The van der Waals surface area contributed by atoms with E-state index in [0.717, 1.165) is 13.0 Å². The Bertz CT molecular complexity index is 1740. The fourth-order valence-electron chi connectivity index (χ4n) is 8.71. The van der Waals surface area contributed by atoms with Crippen molar-refractivity contribution in [3.05, 3.63) is 47.1 Å². The van der Waals surface area contributed by atoms with Gasteiger partial charge in [-0.25, -0.2) is 22.2 Å². The molecular formula is C35H47ClF2N7O4S+. The molecule has 5 aliphatic rings. The first kappa shape index (κ1) is 35.5. The topological polar surface area (TPSA) is 129 Å². The molecule has 272 valence electrons. The molecule has 2 aliphatic carbocycles. The zero-order valence-corrected chi connectivity index (χ0v) is 30.2. The molecule has 0 unspecified atom stereocenters. The molecule has 7 rings (SSSR count). The zero-order chi connectivity index (χ0) is 35.6. The third kappa shape index (κ3) is 6.85. The van der Waals surface area contributed by atoms with Crippen molar-refractivity contribution in [1.29, 1.82) is 0 Å². The number of sulfonamides is 1. The van der Waals surface area contributed by atoms with Gasteiger partial charge in [0.1, 0.15) is 11.0 Å². The molecule has 3 N–H and O–H groups in total. The van der Waals surface area contributed by atoms with Crippen molar-refractivity contribution in [2.45, 2.75) is 80.3 Å². The number of halogens is 3. The molecule has 2 atom stereocenters. The van der Waals surface area contributed by atoms with Gasteiger partial charge in [-0.15, -0.1) is 0 Å². The van der Waals surface area contributed by atoms with Crippen LogP contribution in [0.25, 0.3) is 0 Å². The highest BCUT2D eigenvalue weighted by atomic mass is 35.5. The van der Waals surface area contributed by atoms with E-state index in [2.05, 4.69) is 24.4 Å². The SMILES string of the molecule is C[N+]1(C)CC2(CC2)C[C@H]1C(=O)N[C@H]1CC[C@H](C(F)(F)c2cc(Cl)nc(N3CCN(S(=O)(=O)c4ccc(N5C[C@H](N)CC5=O)cc4)CC3)c2)CC1. The number of benzene rings is 1. The second kappa shape index (κ2) is 12.9. The molecule has 4 heterocycles. The number of quaternary nitrogens is 1. The quantitative estimate of drug-likeness (QED) is 0.313. The molecule has 1 aromatic heterocycles. The minimum absolute atomic E-state index is 0.0450. The number of anilines is 2. The van der Waals surface area contributed by atoms with Gasteiger partial charge in [-0.3, -0.25) is 9.59 Å². The van der Waals surface area contributed by atoms with Gasteiger partial charge < -0.3 is 25.3 Å². The normalized spacial score (nSPS) is 28.3. The number of carbonyl (C=O) groups excluding carboxylic acids is 2. The van der Waals surface area contributed by atoms with Gasteiger partial charge in [-0.1, -0.05) is 11.6 Å². The van der Waals surface area contributed by atoms with Crippen molar-refractivity contribution in [1.82, 2.24) is 14.6 Å². The smallest absolute Gasteiger partial charge is 0.278 e. The largest absolute Gasteiger partial charge is 0.354 e. The van der Waals surface area contributed by atoms with Crippen LogP contribution >= 0.6 is 11.6 Å². The third-order valence-electron chi connectivity index (χ3n) is 11.7. The fourth-order valence-corrected chi connectivity index (χ4v) is 10.3. The second-order valence-corrected chi connectivity index (χ2v) is 18.1. The molecule has 50 heavy (non-hydrogen) atoms. The highest BCUT2D eigenvalue weighted by Crippen LogP contribution is 2.56. The summed E-state index contributed by atoms with van der Waals surface area (Å²) in [5, 5.41) is 3.15. The van der Waals surface area contributed by atoms with Gasteiger partial charge >= 0.3 is 0 Å². The highest BCUT2D eigenvalue weighted by molar-refractivity contribution is 7.89. The Balaban J connectivity index is 0.949. The number of carbonyl (C=O) groups is 2. The predicted octanol–water partition coefficient (Wildman–Crippen LogP) is 3.71. The van der Waals surface area contributed by atoms with E-state index in [4.69, 9.17) is 17.3 Å². The number of rotatable bonds is 8. The molecule has 1 aromatic carbocycles. The van der Waals surface area contributed by atoms with E-state index in [0.29, 0.717) is 35.0 Å². The van der Waals surface area contributed by atoms with Crippen molar-refractivity contribution >= 4 is 44.9 Å². The van der Waals surface area contributed by atoms with Gasteiger partial charge in [-0.2, -0.15) is 4.31 Å². The number of alkyl halides is 2. The number of amides is 2. The summed E-state index contributed by atoms with van der Waals surface area (Å²) >= 11 is 6.30. The molecule has 1 spiro atoms. The maximum absolute atomic E-state index is 16.1. The van der Waals surface area contributed by atoms with E-state index in [9.17, 15) is 18.0 Å². The van der Waals surface area contributed by atoms with Crippen LogP contribution in [-0.2, 0) is 25.5 Å². The van der Waals surface area contributed by atoms with Gasteiger partial charge in [0.25, 0.3) is 11.8 Å². The molecule has 5 fully saturated rings. The van der Waals surface area contributed by atoms with Gasteiger partial charge in [0.15, 0.2) is 6.04 Å². The Hall–Kier alpha value is -2.91. The summed E-state index contributed by atoms with van der Waals surface area (Å²) in [6, 6.07) is 8.35. The van der Waals surface area contributed by atoms with Crippen LogP contribution < -0.4 is 20.9 Å². The Labute approximate surface area is 297 Å². The molecule has 11 nitrogen and oxygen atoms in total. The van der Waals surface area contributed by atoms with Crippen LogP contribution in [0.2, 0.25) is 5.15 Å². The van der Waals surface area contributed by atoms with Gasteiger partial charge in [0.05, 0.1) is 25.5 Å². The summed E-state index contributed by atoms with van der Waals surface area (Å²) in [7, 11) is 0.400. The van der Waals surface area contributed by atoms with Crippen molar-refractivity contribution in [2.24, 2.45) is 17.1 Å². The van der Waals surface area contributed by atoms with E-state index in [1.165, 1.54) is 41.4 Å². The van der Waals surface area contributed by atoms with Crippen LogP contribution in [0.1, 0.15) is 56.9 Å². The summed E-state index contributed by atoms with van der Waals surface area (Å²) in [6.45, 7) is 2.17. The number of hydrogen-bond donors (Lipinski definition) is 2. The summed E-state index contributed by atoms with van der Waals surface area (Å²) < 4.78 is 61.1. The Morgan fingerprint density at radius 3 is 2.30 bits per heavy atom. The standard InChI is InChI=1S/C35H46ClF2N7O4S/c1-45(2)22-34(11-12-34)20-29(45)33(47)40-26-5-3-23(4-6-26)35(37,38)24-17-30(36)41-31(18-24)42-13-15-43(16-14-42)50(48,49)28-9-7-27(8-10-28)44-21-25(39)19-32(44)46/h7-10,17-18,23,25-26,29H,3-6,11-16,19-22,39H2,1-2H3/p+1/t23-,25-,26-,29+/m1/s1. The molecule has 15 heteroatoms. The minimum Gasteiger partial charge on any atom is -0.354 e. The van der Waals surface area contributed by atoms with E-state index >= 15 is 8.78 Å². The zero-order valence-electron chi connectivity index (χ0n) is 28.7. The number of likely N-dealkylation sites (tertiary alicyclic amines) is 1. The predicted molar refractivity (Wildman–Crippen MR) is 186 cm³/mol. The molecule has 0 radical (unpaired) electrons. The van der Waals surface area contributed by atoms with Crippen LogP contribution in [0.5, 0.6) is 0 Å².